The molecule has 1 aliphatic rings. The van der Waals surface area contributed by atoms with Crippen molar-refractivity contribution < 1.29 is 14.0 Å². The second-order valence-corrected chi connectivity index (χ2v) is 6.53. The summed E-state index contributed by atoms with van der Waals surface area (Å²) in [5.41, 5.74) is 1.31. The summed E-state index contributed by atoms with van der Waals surface area (Å²) >= 11 is 5.90. The number of rotatable bonds is 2. The van der Waals surface area contributed by atoms with Crippen molar-refractivity contribution in [3.8, 4) is 0 Å². The summed E-state index contributed by atoms with van der Waals surface area (Å²) in [7, 11) is 0. The maximum atomic E-state index is 12.8. The normalized spacial score (nSPS) is 18.2. The van der Waals surface area contributed by atoms with Crippen LogP contribution in [0.5, 0.6) is 0 Å². The van der Waals surface area contributed by atoms with Crippen molar-refractivity contribution in [3.05, 3.63) is 52.4 Å². The number of carbonyl (C=O) groups excluding carboxylic acids is 2. The largest absolute Gasteiger partial charge is 0.466 e. The first-order valence-corrected chi connectivity index (χ1v) is 8.18. The molecule has 0 unspecified atom stereocenters. The van der Waals surface area contributed by atoms with Crippen LogP contribution in [0.3, 0.4) is 0 Å². The van der Waals surface area contributed by atoms with Crippen molar-refractivity contribution >= 4 is 29.1 Å². The van der Waals surface area contributed by atoms with Gasteiger partial charge in [0.15, 0.2) is 0 Å². The van der Waals surface area contributed by atoms with Crippen LogP contribution >= 0.6 is 11.6 Å². The van der Waals surface area contributed by atoms with Crippen LogP contribution in [0.15, 0.2) is 34.7 Å². The van der Waals surface area contributed by atoms with E-state index in [-0.39, 0.29) is 24.4 Å². The maximum absolute atomic E-state index is 12.8. The lowest BCUT2D eigenvalue weighted by molar-refractivity contribution is -0.121. The topological polar surface area (TPSA) is 53.8 Å². The number of nitrogens with zero attached hydrogens (tertiary/aromatic N) is 2. The molecule has 0 saturated carbocycles. The molecule has 1 saturated heterocycles. The molecule has 0 radical (unpaired) electrons. The van der Waals surface area contributed by atoms with Crippen LogP contribution in [0.4, 0.5) is 5.69 Å². The van der Waals surface area contributed by atoms with Crippen molar-refractivity contribution in [1.82, 2.24) is 4.90 Å². The molecule has 1 aromatic carbocycles. The molecular weight excluding hydrogens is 328 g/mol. The Morgan fingerprint density at radius 1 is 1.25 bits per heavy atom. The molecule has 24 heavy (non-hydrogen) atoms. The van der Waals surface area contributed by atoms with E-state index in [0.717, 1.165) is 5.69 Å². The van der Waals surface area contributed by atoms with E-state index >= 15 is 0 Å². The van der Waals surface area contributed by atoms with Gasteiger partial charge < -0.3 is 14.2 Å². The van der Waals surface area contributed by atoms with Crippen LogP contribution in [0.25, 0.3) is 0 Å². The van der Waals surface area contributed by atoms with Crippen LogP contribution in [-0.2, 0) is 4.79 Å². The minimum atomic E-state index is -0.166. The van der Waals surface area contributed by atoms with Gasteiger partial charge in [-0.05, 0) is 51.1 Å². The van der Waals surface area contributed by atoms with Crippen LogP contribution in [0, 0.1) is 13.8 Å². The van der Waals surface area contributed by atoms with E-state index in [9.17, 15) is 9.59 Å². The summed E-state index contributed by atoms with van der Waals surface area (Å²) < 4.78 is 5.43. The Balaban J connectivity index is 1.80. The highest BCUT2D eigenvalue weighted by Crippen LogP contribution is 2.24. The quantitative estimate of drug-likeness (QED) is 0.837. The molecule has 1 aliphatic heterocycles. The van der Waals surface area contributed by atoms with E-state index in [1.54, 1.807) is 41.8 Å². The molecule has 2 aromatic rings. The van der Waals surface area contributed by atoms with Crippen LogP contribution in [0.2, 0.25) is 5.02 Å². The first kappa shape index (κ1) is 16.6. The highest BCUT2D eigenvalue weighted by Gasteiger charge is 2.34. The van der Waals surface area contributed by atoms with Crippen molar-refractivity contribution in [2.45, 2.75) is 26.8 Å². The van der Waals surface area contributed by atoms with Gasteiger partial charge in [0, 0.05) is 23.3 Å². The second-order valence-electron chi connectivity index (χ2n) is 6.09. The Morgan fingerprint density at radius 2 is 1.92 bits per heavy atom. The molecule has 1 atom stereocenters. The summed E-state index contributed by atoms with van der Waals surface area (Å²) in [6.45, 7) is 6.00. The predicted molar refractivity (Wildman–Crippen MR) is 92.5 cm³/mol. The fourth-order valence-corrected chi connectivity index (χ4v) is 3.12. The molecular formula is C18H19ClN2O3. The number of hydrogen-bond acceptors (Lipinski definition) is 3. The molecule has 126 valence electrons. The summed E-state index contributed by atoms with van der Waals surface area (Å²) in [5.74, 6) is 0.995. The van der Waals surface area contributed by atoms with Gasteiger partial charge >= 0.3 is 0 Å². The fraction of sp³-hybridized carbons (Fsp3) is 0.333. The van der Waals surface area contributed by atoms with Crippen LogP contribution in [-0.4, -0.2) is 35.8 Å². The molecule has 0 aliphatic carbocycles. The van der Waals surface area contributed by atoms with E-state index in [2.05, 4.69) is 0 Å². The monoisotopic (exact) mass is 346 g/mol. The Hall–Kier alpha value is -2.27. The molecule has 1 aromatic heterocycles. The van der Waals surface area contributed by atoms with E-state index in [1.807, 2.05) is 19.1 Å². The molecule has 6 heteroatoms. The van der Waals surface area contributed by atoms with Crippen molar-refractivity contribution in [2.24, 2.45) is 0 Å². The minimum Gasteiger partial charge on any atom is -0.466 e. The number of hydrogen-bond donors (Lipinski definition) is 0. The number of furan rings is 1. The predicted octanol–water partition coefficient (Wildman–Crippen LogP) is 3.43. The lowest BCUT2D eigenvalue weighted by Crippen LogP contribution is -2.57. The van der Waals surface area contributed by atoms with Gasteiger partial charge in [0.25, 0.3) is 5.91 Å². The van der Waals surface area contributed by atoms with Gasteiger partial charge in [-0.1, -0.05) is 11.6 Å². The first-order chi connectivity index (χ1) is 11.4. The zero-order chi connectivity index (χ0) is 17.4. The van der Waals surface area contributed by atoms with E-state index < -0.39 is 0 Å². The van der Waals surface area contributed by atoms with Crippen molar-refractivity contribution in [1.29, 1.82) is 0 Å². The summed E-state index contributed by atoms with van der Waals surface area (Å²) in [6.07, 6.45) is 0. The summed E-state index contributed by atoms with van der Waals surface area (Å²) in [6, 6.07) is 8.76. The Labute approximate surface area is 145 Å². The van der Waals surface area contributed by atoms with Gasteiger partial charge in [-0.3, -0.25) is 9.59 Å². The third-order valence-electron chi connectivity index (χ3n) is 4.26. The molecule has 2 heterocycles. The molecule has 1 fully saturated rings. The van der Waals surface area contributed by atoms with E-state index in [1.165, 1.54) is 0 Å². The smallest absolute Gasteiger partial charge is 0.258 e. The zero-order valence-electron chi connectivity index (χ0n) is 13.9. The average Bonchev–Trinajstić information content (AvgIpc) is 2.88. The Morgan fingerprint density at radius 3 is 2.50 bits per heavy atom. The third kappa shape index (κ3) is 3.04. The van der Waals surface area contributed by atoms with Crippen molar-refractivity contribution in [2.75, 3.05) is 18.0 Å². The maximum Gasteiger partial charge on any atom is 0.258 e. The SMILES string of the molecule is Cc1cc(C(=O)N2CC(=O)N(c3ccc(Cl)cc3)C[C@H]2C)c(C)o1. The van der Waals surface area contributed by atoms with E-state index in [4.69, 9.17) is 16.0 Å². The molecule has 3 rings (SSSR count). The lowest BCUT2D eigenvalue weighted by Gasteiger charge is -2.39. The number of amides is 2. The number of aryl methyl sites for hydroxylation is 2. The standard InChI is InChI=1S/C18H19ClN2O3/c1-11-9-21(15-6-4-14(19)5-7-15)17(22)10-20(11)18(23)16-8-12(2)24-13(16)3/h4-8,11H,9-10H2,1-3H3/t11-/m1/s1. The highest BCUT2D eigenvalue weighted by molar-refractivity contribution is 6.30. The summed E-state index contributed by atoms with van der Waals surface area (Å²) in [4.78, 5) is 28.6. The number of benzene rings is 1. The van der Waals surface area contributed by atoms with Gasteiger partial charge in [-0.25, -0.2) is 0 Å². The molecule has 0 spiro atoms. The number of piperazine rings is 1. The van der Waals surface area contributed by atoms with Crippen molar-refractivity contribution in [3.63, 3.8) is 0 Å². The number of carbonyl (C=O) groups is 2. The average molecular weight is 347 g/mol. The molecule has 5 nitrogen and oxygen atoms in total. The summed E-state index contributed by atoms with van der Waals surface area (Å²) in [5, 5.41) is 0.624. The molecule has 0 bridgehead atoms. The van der Waals surface area contributed by atoms with Gasteiger partial charge in [0.05, 0.1) is 5.56 Å². The van der Waals surface area contributed by atoms with E-state index in [0.29, 0.717) is 28.7 Å². The van der Waals surface area contributed by atoms with Crippen LogP contribution < -0.4 is 4.90 Å². The first-order valence-electron chi connectivity index (χ1n) is 7.80. The van der Waals surface area contributed by atoms with Gasteiger partial charge in [-0.2, -0.15) is 0 Å². The Kier molecular flexibility index (Phi) is 4.37. The number of anilines is 1. The lowest BCUT2D eigenvalue weighted by atomic mass is 10.1. The minimum absolute atomic E-state index is 0.0479. The Bertz CT molecular complexity index is 782. The highest BCUT2D eigenvalue weighted by atomic mass is 35.5. The van der Waals surface area contributed by atoms with Gasteiger partial charge in [-0.15, -0.1) is 0 Å². The molecule has 0 N–H and O–H groups in total. The second kappa shape index (κ2) is 6.32. The molecule has 2 amide bonds. The van der Waals surface area contributed by atoms with Gasteiger partial charge in [0.2, 0.25) is 5.91 Å². The van der Waals surface area contributed by atoms with Gasteiger partial charge in [0.1, 0.15) is 18.1 Å². The van der Waals surface area contributed by atoms with Crippen LogP contribution in [0.1, 0.15) is 28.8 Å². The third-order valence-corrected chi connectivity index (χ3v) is 4.51. The zero-order valence-corrected chi connectivity index (χ0v) is 14.6. The fourth-order valence-electron chi connectivity index (χ4n) is 2.99. The number of halogens is 1.